The quantitative estimate of drug-likeness (QED) is 0.393. The van der Waals surface area contributed by atoms with Crippen LogP contribution < -0.4 is 5.32 Å². The maximum absolute atomic E-state index is 15.0. The summed E-state index contributed by atoms with van der Waals surface area (Å²) in [6.07, 6.45) is -1.24. The van der Waals surface area contributed by atoms with E-state index < -0.39 is 17.7 Å². The number of rotatable bonds is 13. The molecule has 0 saturated heterocycles. The molecule has 1 N–H and O–H groups in total. The van der Waals surface area contributed by atoms with Crippen molar-refractivity contribution in [3.63, 3.8) is 0 Å². The lowest BCUT2D eigenvalue weighted by Crippen LogP contribution is -2.44. The van der Waals surface area contributed by atoms with E-state index in [-0.39, 0.29) is 32.4 Å². The first kappa shape index (κ1) is 24.0. The molecule has 1 atom stereocenters. The van der Waals surface area contributed by atoms with Crippen molar-refractivity contribution in [2.75, 3.05) is 33.0 Å². The Balaban J connectivity index is 1.86. The Hall–Kier alpha value is -2.28. The van der Waals surface area contributed by atoms with E-state index in [0.717, 1.165) is 11.1 Å². The fourth-order valence-corrected chi connectivity index (χ4v) is 3.00. The molecule has 0 aliphatic rings. The molecule has 164 valence electrons. The van der Waals surface area contributed by atoms with Crippen molar-refractivity contribution < 1.29 is 23.4 Å². The van der Waals surface area contributed by atoms with E-state index in [1.165, 1.54) is 0 Å². The standard InChI is InChI=1S/C24H32FNO4/c1-4-29-22(27)18-28-15-16-30-24(2,3)21(25)17-26-23(19-11-7-5-8-12-19)20-13-9-6-10-14-20/h5-14,21,23,26H,4,15-18H2,1-3H3. The first-order chi connectivity index (χ1) is 14.4. The van der Waals surface area contributed by atoms with Crippen molar-refractivity contribution in [3.8, 4) is 0 Å². The molecule has 5 nitrogen and oxygen atoms in total. The Morgan fingerprint density at radius 3 is 2.10 bits per heavy atom. The molecule has 0 aliphatic carbocycles. The number of benzene rings is 2. The van der Waals surface area contributed by atoms with E-state index in [0.29, 0.717) is 6.61 Å². The Labute approximate surface area is 178 Å². The first-order valence-electron chi connectivity index (χ1n) is 10.3. The molecule has 30 heavy (non-hydrogen) atoms. The maximum atomic E-state index is 15.0. The number of carbonyl (C=O) groups is 1. The number of nitrogens with one attached hydrogen (secondary N) is 1. The van der Waals surface area contributed by atoms with Crippen molar-refractivity contribution in [2.45, 2.75) is 38.6 Å². The van der Waals surface area contributed by atoms with Crippen LogP contribution in [-0.4, -0.2) is 50.7 Å². The minimum Gasteiger partial charge on any atom is -0.464 e. The third kappa shape index (κ3) is 7.86. The van der Waals surface area contributed by atoms with Crippen LogP contribution >= 0.6 is 0 Å². The van der Waals surface area contributed by atoms with Crippen LogP contribution in [-0.2, 0) is 19.0 Å². The number of esters is 1. The molecule has 2 aromatic carbocycles. The second-order valence-electron chi connectivity index (χ2n) is 7.44. The summed E-state index contributed by atoms with van der Waals surface area (Å²) < 4.78 is 30.7. The van der Waals surface area contributed by atoms with Crippen LogP contribution in [0.1, 0.15) is 37.9 Å². The molecule has 2 aromatic rings. The second kappa shape index (κ2) is 12.4. The van der Waals surface area contributed by atoms with Crippen LogP contribution in [0.3, 0.4) is 0 Å². The Kier molecular flexibility index (Phi) is 9.94. The molecule has 6 heteroatoms. The SMILES string of the molecule is CCOC(=O)COCCOC(C)(C)C(F)CNC(c1ccccc1)c1ccccc1. The van der Waals surface area contributed by atoms with E-state index in [4.69, 9.17) is 14.2 Å². The average molecular weight is 418 g/mol. The van der Waals surface area contributed by atoms with Gasteiger partial charge in [-0.3, -0.25) is 0 Å². The van der Waals surface area contributed by atoms with Gasteiger partial charge in [0, 0.05) is 6.54 Å². The van der Waals surface area contributed by atoms with Crippen LogP contribution in [0.25, 0.3) is 0 Å². The van der Waals surface area contributed by atoms with Gasteiger partial charge < -0.3 is 19.5 Å². The van der Waals surface area contributed by atoms with E-state index in [9.17, 15) is 4.79 Å². The lowest BCUT2D eigenvalue weighted by atomic mass is 9.97. The van der Waals surface area contributed by atoms with Crippen molar-refractivity contribution in [1.82, 2.24) is 5.32 Å². The fourth-order valence-electron chi connectivity index (χ4n) is 3.00. The van der Waals surface area contributed by atoms with Gasteiger partial charge in [0.25, 0.3) is 0 Å². The van der Waals surface area contributed by atoms with Gasteiger partial charge in [0.15, 0.2) is 0 Å². The van der Waals surface area contributed by atoms with E-state index in [1.54, 1.807) is 20.8 Å². The summed E-state index contributed by atoms with van der Waals surface area (Å²) in [6, 6.07) is 19.8. The number of carbonyl (C=O) groups excluding carboxylic acids is 1. The summed E-state index contributed by atoms with van der Waals surface area (Å²) in [4.78, 5) is 11.2. The summed E-state index contributed by atoms with van der Waals surface area (Å²) >= 11 is 0. The minimum absolute atomic E-state index is 0.116. The minimum atomic E-state index is -1.24. The average Bonchev–Trinajstić information content (AvgIpc) is 2.75. The Morgan fingerprint density at radius 2 is 1.57 bits per heavy atom. The van der Waals surface area contributed by atoms with Crippen LogP contribution in [0.4, 0.5) is 4.39 Å². The van der Waals surface area contributed by atoms with Crippen LogP contribution in [0.2, 0.25) is 0 Å². The fraction of sp³-hybridized carbons (Fsp3) is 0.458. The number of hydrogen-bond acceptors (Lipinski definition) is 5. The van der Waals surface area contributed by atoms with Crippen LogP contribution in [0.5, 0.6) is 0 Å². The predicted octanol–water partition coefficient (Wildman–Crippen LogP) is 4.08. The van der Waals surface area contributed by atoms with Gasteiger partial charge in [-0.05, 0) is 31.9 Å². The van der Waals surface area contributed by atoms with Gasteiger partial charge >= 0.3 is 5.97 Å². The summed E-state index contributed by atoms with van der Waals surface area (Å²) in [5.74, 6) is -0.419. The molecule has 0 heterocycles. The van der Waals surface area contributed by atoms with E-state index in [2.05, 4.69) is 5.32 Å². The topological polar surface area (TPSA) is 56.8 Å². The number of alkyl halides is 1. The lowest BCUT2D eigenvalue weighted by molar-refractivity contribution is -0.150. The van der Waals surface area contributed by atoms with Gasteiger partial charge in [-0.1, -0.05) is 60.7 Å². The highest BCUT2D eigenvalue weighted by Gasteiger charge is 2.31. The van der Waals surface area contributed by atoms with Crippen LogP contribution in [0, 0.1) is 0 Å². The van der Waals surface area contributed by atoms with Crippen molar-refractivity contribution in [2.24, 2.45) is 0 Å². The van der Waals surface area contributed by atoms with Gasteiger partial charge in [0.05, 0.1) is 31.5 Å². The molecule has 0 amide bonds. The molecule has 0 bridgehead atoms. The van der Waals surface area contributed by atoms with Crippen molar-refractivity contribution in [3.05, 3.63) is 71.8 Å². The molecule has 0 aromatic heterocycles. The van der Waals surface area contributed by atoms with Gasteiger partial charge in [0.2, 0.25) is 0 Å². The molecule has 0 spiro atoms. The Bertz CT molecular complexity index is 700. The monoisotopic (exact) mass is 417 g/mol. The summed E-state index contributed by atoms with van der Waals surface area (Å²) in [5.41, 5.74) is 1.14. The Morgan fingerprint density at radius 1 is 1.00 bits per heavy atom. The number of ether oxygens (including phenoxy) is 3. The smallest absolute Gasteiger partial charge is 0.332 e. The third-order valence-corrected chi connectivity index (χ3v) is 4.75. The lowest BCUT2D eigenvalue weighted by Gasteiger charge is -2.31. The highest BCUT2D eigenvalue weighted by atomic mass is 19.1. The van der Waals surface area contributed by atoms with E-state index in [1.807, 2.05) is 60.7 Å². The molecule has 2 rings (SSSR count). The zero-order valence-corrected chi connectivity index (χ0v) is 18.0. The zero-order valence-electron chi connectivity index (χ0n) is 18.0. The molecule has 0 radical (unpaired) electrons. The highest BCUT2D eigenvalue weighted by molar-refractivity contribution is 5.70. The van der Waals surface area contributed by atoms with Crippen molar-refractivity contribution in [1.29, 1.82) is 0 Å². The van der Waals surface area contributed by atoms with Crippen molar-refractivity contribution >= 4 is 5.97 Å². The predicted molar refractivity (Wildman–Crippen MR) is 115 cm³/mol. The molecule has 0 fully saturated rings. The normalized spacial score (nSPS) is 12.7. The molecule has 0 saturated carbocycles. The molecule has 1 unspecified atom stereocenters. The van der Waals surface area contributed by atoms with Gasteiger partial charge in [-0.15, -0.1) is 0 Å². The summed E-state index contributed by atoms with van der Waals surface area (Å²) in [7, 11) is 0. The largest absolute Gasteiger partial charge is 0.464 e. The van der Waals surface area contributed by atoms with Crippen LogP contribution in [0.15, 0.2) is 60.7 Å². The van der Waals surface area contributed by atoms with Gasteiger partial charge in [-0.25, -0.2) is 9.18 Å². The molecular weight excluding hydrogens is 385 g/mol. The highest BCUT2D eigenvalue weighted by Crippen LogP contribution is 2.24. The summed E-state index contributed by atoms with van der Waals surface area (Å²) in [5, 5.41) is 3.34. The molecular formula is C24H32FNO4. The summed E-state index contributed by atoms with van der Waals surface area (Å²) in [6.45, 7) is 5.86. The second-order valence-corrected chi connectivity index (χ2v) is 7.44. The first-order valence-corrected chi connectivity index (χ1v) is 10.3. The number of halogens is 1. The zero-order chi connectivity index (χ0) is 21.8. The number of hydrogen-bond donors (Lipinski definition) is 1. The van der Waals surface area contributed by atoms with E-state index >= 15 is 4.39 Å². The third-order valence-electron chi connectivity index (χ3n) is 4.75. The molecule has 0 aliphatic heterocycles. The maximum Gasteiger partial charge on any atom is 0.332 e. The van der Waals surface area contributed by atoms with Gasteiger partial charge in [0.1, 0.15) is 12.8 Å². The van der Waals surface area contributed by atoms with Gasteiger partial charge in [-0.2, -0.15) is 0 Å².